The van der Waals surface area contributed by atoms with Crippen LogP contribution in [0.1, 0.15) is 22.3 Å². The highest BCUT2D eigenvalue weighted by Crippen LogP contribution is 2.29. The smallest absolute Gasteiger partial charge is 0.335 e. The number of urea groups is 1. The molecule has 1 N–H and O–H groups in total. The second kappa shape index (κ2) is 9.30. The molecule has 36 heavy (non-hydrogen) atoms. The zero-order valence-electron chi connectivity index (χ0n) is 19.5. The largest absolute Gasteiger partial charge is 0.342 e. The van der Waals surface area contributed by atoms with Crippen LogP contribution in [0.4, 0.5) is 10.5 Å². The lowest BCUT2D eigenvalue weighted by molar-refractivity contribution is -0.122. The van der Waals surface area contributed by atoms with E-state index in [4.69, 9.17) is 23.2 Å². The maximum absolute atomic E-state index is 13.4. The van der Waals surface area contributed by atoms with E-state index in [1.165, 1.54) is 6.08 Å². The highest BCUT2D eigenvalue weighted by atomic mass is 35.5. The van der Waals surface area contributed by atoms with E-state index in [-0.39, 0.29) is 5.57 Å². The van der Waals surface area contributed by atoms with Crippen LogP contribution in [0.2, 0.25) is 10.0 Å². The Morgan fingerprint density at radius 3 is 2.42 bits per heavy atom. The molecule has 180 valence electrons. The van der Waals surface area contributed by atoms with Crippen molar-refractivity contribution in [3.8, 4) is 0 Å². The molecule has 5 rings (SSSR count). The number of halogens is 2. The Balaban J connectivity index is 1.56. The predicted molar refractivity (Wildman–Crippen MR) is 142 cm³/mol. The number of nitrogens with zero attached hydrogens (tertiary/aromatic N) is 2. The molecule has 3 aromatic carbocycles. The molecule has 1 saturated heterocycles. The lowest BCUT2D eigenvalue weighted by Gasteiger charge is -2.26. The third-order valence-electron chi connectivity index (χ3n) is 6.31. The second-order valence-electron chi connectivity index (χ2n) is 8.70. The van der Waals surface area contributed by atoms with Crippen molar-refractivity contribution in [3.63, 3.8) is 0 Å². The molecule has 6 nitrogen and oxygen atoms in total. The van der Waals surface area contributed by atoms with Gasteiger partial charge >= 0.3 is 6.03 Å². The van der Waals surface area contributed by atoms with Crippen LogP contribution in [0.3, 0.4) is 0 Å². The number of barbiturate groups is 1. The summed E-state index contributed by atoms with van der Waals surface area (Å²) < 4.78 is 2.01. The van der Waals surface area contributed by atoms with Crippen LogP contribution in [-0.4, -0.2) is 22.4 Å². The topological polar surface area (TPSA) is 71.4 Å². The molecule has 0 aliphatic carbocycles. The number of amides is 4. The first-order valence-corrected chi connectivity index (χ1v) is 12.0. The Morgan fingerprint density at radius 2 is 1.67 bits per heavy atom. The molecule has 0 atom stereocenters. The minimum absolute atomic E-state index is 0.120. The van der Waals surface area contributed by atoms with Crippen LogP contribution in [0, 0.1) is 13.8 Å². The summed E-state index contributed by atoms with van der Waals surface area (Å²) in [5.41, 5.74) is 4.79. The fourth-order valence-corrected chi connectivity index (χ4v) is 4.59. The quantitative estimate of drug-likeness (QED) is 0.255. The summed E-state index contributed by atoms with van der Waals surface area (Å²) >= 11 is 12.3. The molecule has 4 amide bonds. The zero-order chi connectivity index (χ0) is 25.6. The van der Waals surface area contributed by atoms with Gasteiger partial charge in [0.1, 0.15) is 5.57 Å². The van der Waals surface area contributed by atoms with Crippen LogP contribution in [0.5, 0.6) is 0 Å². The minimum Gasteiger partial charge on any atom is -0.342 e. The Kier molecular flexibility index (Phi) is 6.16. The number of hydrogen-bond acceptors (Lipinski definition) is 3. The number of carbonyl (C=O) groups excluding carboxylic acids is 3. The van der Waals surface area contributed by atoms with Gasteiger partial charge in [-0.15, -0.1) is 0 Å². The number of aromatic nitrogens is 1. The van der Waals surface area contributed by atoms with Gasteiger partial charge in [0.05, 0.1) is 15.7 Å². The number of anilines is 1. The van der Waals surface area contributed by atoms with E-state index in [0.717, 1.165) is 32.5 Å². The molecule has 1 aliphatic heterocycles. The number of fused-ring (bicyclic) bond motifs is 1. The summed E-state index contributed by atoms with van der Waals surface area (Å²) in [7, 11) is 0. The first-order chi connectivity index (χ1) is 17.2. The van der Waals surface area contributed by atoms with E-state index in [1.54, 1.807) is 18.2 Å². The number of benzene rings is 3. The fourth-order valence-electron chi connectivity index (χ4n) is 4.27. The number of hydrogen-bond donors (Lipinski definition) is 1. The van der Waals surface area contributed by atoms with Crippen molar-refractivity contribution in [1.29, 1.82) is 0 Å². The van der Waals surface area contributed by atoms with Crippen LogP contribution in [0.25, 0.3) is 17.0 Å². The molecule has 1 fully saturated rings. The monoisotopic (exact) mass is 517 g/mol. The highest BCUT2D eigenvalue weighted by Gasteiger charge is 2.37. The minimum atomic E-state index is -0.771. The van der Waals surface area contributed by atoms with Gasteiger partial charge < -0.3 is 4.57 Å². The molecule has 2 heterocycles. The molecule has 1 aliphatic rings. The molecule has 0 saturated carbocycles. The van der Waals surface area contributed by atoms with Crippen LogP contribution in [-0.2, 0) is 16.1 Å². The lowest BCUT2D eigenvalue weighted by Crippen LogP contribution is -2.54. The Bertz CT molecular complexity index is 1600. The molecule has 1 aromatic heterocycles. The Morgan fingerprint density at radius 1 is 0.889 bits per heavy atom. The average molecular weight is 518 g/mol. The SMILES string of the molecule is Cc1ccc(N2C(=O)NC(=O)/C(=C\c3cn(Cc4ccc(Cl)c(Cl)c4)c4ccccc34)C2=O)cc1C. The van der Waals surface area contributed by atoms with Crippen LogP contribution < -0.4 is 10.2 Å². The standard InChI is InChI=1S/C28H21Cl2N3O3/c1-16-7-9-20(11-17(16)2)33-27(35)22(26(34)31-28(33)36)13-19-15-32(25-6-4-3-5-21(19)25)14-18-8-10-23(29)24(30)12-18/h3-13,15H,14H2,1-2H3,(H,31,34,36)/b22-13+. The fraction of sp³-hybridized carbons (Fsp3) is 0.107. The van der Waals surface area contributed by atoms with E-state index < -0.39 is 17.8 Å². The van der Waals surface area contributed by atoms with Crippen molar-refractivity contribution in [2.24, 2.45) is 0 Å². The van der Waals surface area contributed by atoms with E-state index in [9.17, 15) is 14.4 Å². The first kappa shape index (κ1) is 23.9. The van der Waals surface area contributed by atoms with Gasteiger partial charge in [-0.1, -0.05) is 53.5 Å². The summed E-state index contributed by atoms with van der Waals surface area (Å²) in [6, 6.07) is 17.7. The molecular formula is C28H21Cl2N3O3. The lowest BCUT2D eigenvalue weighted by atomic mass is 10.0. The molecule has 0 radical (unpaired) electrons. The van der Waals surface area contributed by atoms with E-state index in [0.29, 0.717) is 27.8 Å². The summed E-state index contributed by atoms with van der Waals surface area (Å²) in [6.45, 7) is 4.35. The zero-order valence-corrected chi connectivity index (χ0v) is 21.0. The summed E-state index contributed by atoms with van der Waals surface area (Å²) in [5.74, 6) is -1.40. The number of aryl methyl sites for hydroxylation is 2. The first-order valence-electron chi connectivity index (χ1n) is 11.2. The molecule has 4 aromatic rings. The number of imide groups is 2. The van der Waals surface area contributed by atoms with Gasteiger partial charge in [-0.3, -0.25) is 14.9 Å². The summed E-state index contributed by atoms with van der Waals surface area (Å²) in [4.78, 5) is 39.7. The summed E-state index contributed by atoms with van der Waals surface area (Å²) in [6.07, 6.45) is 3.41. The van der Waals surface area contributed by atoms with Gasteiger partial charge in [0.2, 0.25) is 0 Å². The third-order valence-corrected chi connectivity index (χ3v) is 7.05. The maximum atomic E-state index is 13.4. The number of carbonyl (C=O) groups is 3. The predicted octanol–water partition coefficient (Wildman–Crippen LogP) is 6.28. The van der Waals surface area contributed by atoms with Crippen molar-refractivity contribution in [1.82, 2.24) is 9.88 Å². The van der Waals surface area contributed by atoms with E-state index in [2.05, 4.69) is 5.32 Å². The molecule has 0 unspecified atom stereocenters. The molecule has 8 heteroatoms. The van der Waals surface area contributed by atoms with Gasteiger partial charge in [-0.25, -0.2) is 9.69 Å². The normalized spacial score (nSPS) is 15.2. The van der Waals surface area contributed by atoms with Crippen LogP contribution in [0.15, 0.2) is 72.4 Å². The van der Waals surface area contributed by atoms with Gasteiger partial charge in [-0.05, 0) is 66.9 Å². The van der Waals surface area contributed by atoms with Crippen LogP contribution >= 0.6 is 23.2 Å². The van der Waals surface area contributed by atoms with Gasteiger partial charge in [-0.2, -0.15) is 0 Å². The van der Waals surface area contributed by atoms with Crippen molar-refractivity contribution in [3.05, 3.63) is 105 Å². The number of para-hydroxylation sites is 1. The van der Waals surface area contributed by atoms with Crippen molar-refractivity contribution in [2.75, 3.05) is 4.90 Å². The molecule has 0 spiro atoms. The maximum Gasteiger partial charge on any atom is 0.335 e. The Labute approximate surface area is 217 Å². The molecule has 0 bridgehead atoms. The second-order valence-corrected chi connectivity index (χ2v) is 9.52. The van der Waals surface area contributed by atoms with Crippen molar-refractivity contribution < 1.29 is 14.4 Å². The highest BCUT2D eigenvalue weighted by molar-refractivity contribution is 6.42. The van der Waals surface area contributed by atoms with Gasteiger partial charge in [0, 0.05) is 29.2 Å². The van der Waals surface area contributed by atoms with Crippen molar-refractivity contribution >= 4 is 63.7 Å². The Hall–Kier alpha value is -3.87. The van der Waals surface area contributed by atoms with Crippen molar-refractivity contribution in [2.45, 2.75) is 20.4 Å². The molecular weight excluding hydrogens is 497 g/mol. The number of rotatable bonds is 4. The van der Waals surface area contributed by atoms with Gasteiger partial charge in [0.15, 0.2) is 0 Å². The van der Waals surface area contributed by atoms with E-state index >= 15 is 0 Å². The summed E-state index contributed by atoms with van der Waals surface area (Å²) in [5, 5.41) is 4.10. The number of nitrogens with one attached hydrogen (secondary N) is 1. The average Bonchev–Trinajstić information content (AvgIpc) is 3.18. The van der Waals surface area contributed by atoms with E-state index in [1.807, 2.05) is 67.1 Å². The third kappa shape index (κ3) is 4.30. The van der Waals surface area contributed by atoms with Gasteiger partial charge in [0.25, 0.3) is 11.8 Å².